The van der Waals surface area contributed by atoms with Crippen LogP contribution in [0.5, 0.6) is 0 Å². The van der Waals surface area contributed by atoms with E-state index in [1.807, 2.05) is 13.8 Å². The summed E-state index contributed by atoms with van der Waals surface area (Å²) >= 11 is 0. The minimum Gasteiger partial charge on any atom is -0.364 e. The lowest BCUT2D eigenvalue weighted by molar-refractivity contribution is 0.412. The molecule has 0 atom stereocenters. The van der Waals surface area contributed by atoms with Crippen molar-refractivity contribution < 1.29 is 4.52 Å². The van der Waals surface area contributed by atoms with E-state index in [0.717, 1.165) is 16.8 Å². The lowest BCUT2D eigenvalue weighted by Crippen LogP contribution is -2.04. The molecule has 0 fully saturated rings. The molecule has 1 N–H and O–H groups in total. The molecule has 0 saturated carbocycles. The molecule has 0 unspecified atom stereocenters. The van der Waals surface area contributed by atoms with Crippen LogP contribution in [0.2, 0.25) is 0 Å². The van der Waals surface area contributed by atoms with Crippen LogP contribution in [0.3, 0.4) is 0 Å². The third-order valence-electron chi connectivity index (χ3n) is 2.04. The van der Waals surface area contributed by atoms with Crippen LogP contribution in [0.25, 0.3) is 0 Å². The first kappa shape index (κ1) is 9.64. The monoisotopic (exact) mass is 204 g/mol. The van der Waals surface area contributed by atoms with E-state index in [0.29, 0.717) is 12.5 Å². The van der Waals surface area contributed by atoms with Crippen LogP contribution in [0.15, 0.2) is 23.2 Å². The highest BCUT2D eigenvalue weighted by molar-refractivity contribution is 5.26. The van der Waals surface area contributed by atoms with E-state index in [1.54, 1.807) is 18.7 Å². The van der Waals surface area contributed by atoms with Gasteiger partial charge in [0, 0.05) is 18.0 Å². The molecule has 0 aliphatic rings. The first-order chi connectivity index (χ1) is 7.25. The van der Waals surface area contributed by atoms with Crippen LogP contribution in [0.1, 0.15) is 16.8 Å². The quantitative estimate of drug-likeness (QED) is 0.824. The van der Waals surface area contributed by atoms with Crippen molar-refractivity contribution in [2.45, 2.75) is 20.4 Å². The number of hydrogen-bond donors (Lipinski definition) is 1. The smallest absolute Gasteiger partial charge is 0.222 e. The van der Waals surface area contributed by atoms with Crippen LogP contribution >= 0.6 is 0 Å². The van der Waals surface area contributed by atoms with E-state index >= 15 is 0 Å². The summed E-state index contributed by atoms with van der Waals surface area (Å²) in [6.07, 6.45) is 5.16. The third-order valence-corrected chi connectivity index (χ3v) is 2.04. The zero-order valence-corrected chi connectivity index (χ0v) is 8.69. The number of nitrogens with zero attached hydrogens (tertiary/aromatic N) is 3. The van der Waals surface area contributed by atoms with Crippen LogP contribution in [-0.4, -0.2) is 15.1 Å². The van der Waals surface area contributed by atoms with Crippen molar-refractivity contribution >= 4 is 5.95 Å². The second-order valence-electron chi connectivity index (χ2n) is 3.38. The van der Waals surface area contributed by atoms with Gasteiger partial charge < -0.3 is 9.84 Å². The Hall–Kier alpha value is -1.91. The van der Waals surface area contributed by atoms with E-state index in [9.17, 15) is 0 Å². The van der Waals surface area contributed by atoms with E-state index in [-0.39, 0.29) is 0 Å². The Morgan fingerprint density at radius 2 is 2.00 bits per heavy atom. The van der Waals surface area contributed by atoms with Gasteiger partial charge in [0.2, 0.25) is 5.95 Å². The lowest BCUT2D eigenvalue weighted by Gasteiger charge is -2.02. The maximum atomic E-state index is 4.82. The topological polar surface area (TPSA) is 63.8 Å². The highest BCUT2D eigenvalue weighted by Gasteiger charge is 2.03. The predicted molar refractivity (Wildman–Crippen MR) is 55.3 cm³/mol. The maximum absolute atomic E-state index is 4.82. The summed E-state index contributed by atoms with van der Waals surface area (Å²) < 4.78 is 4.82. The summed E-state index contributed by atoms with van der Waals surface area (Å²) in [5, 5.41) is 6.93. The van der Waals surface area contributed by atoms with Gasteiger partial charge in [-0.15, -0.1) is 0 Å². The Morgan fingerprint density at radius 1 is 1.27 bits per heavy atom. The Bertz CT molecular complexity index is 435. The number of nitrogens with one attached hydrogen (secondary N) is 1. The minimum absolute atomic E-state index is 0.575. The fourth-order valence-electron chi connectivity index (χ4n) is 1.13. The van der Waals surface area contributed by atoms with Crippen molar-refractivity contribution in [1.82, 2.24) is 15.1 Å². The summed E-state index contributed by atoms with van der Waals surface area (Å²) in [6, 6.07) is 0. The average molecular weight is 204 g/mol. The maximum Gasteiger partial charge on any atom is 0.222 e. The molecule has 2 heterocycles. The summed E-state index contributed by atoms with van der Waals surface area (Å²) in [4.78, 5) is 8.25. The first-order valence-electron chi connectivity index (χ1n) is 4.68. The molecule has 5 heteroatoms. The molecule has 0 aliphatic carbocycles. The molecular formula is C10H12N4O. The van der Waals surface area contributed by atoms with Crippen molar-refractivity contribution in [3.05, 3.63) is 35.5 Å². The van der Waals surface area contributed by atoms with Gasteiger partial charge in [-0.2, -0.15) is 0 Å². The standard InChI is InChI=1S/C10H12N4O/c1-7-3-11-10(12-4-7)13-5-9-8(2)6-15-14-9/h3-4,6H,5H2,1-2H3,(H,11,12,13). The molecule has 0 amide bonds. The fourth-order valence-corrected chi connectivity index (χ4v) is 1.13. The molecule has 0 spiro atoms. The van der Waals surface area contributed by atoms with E-state index < -0.39 is 0 Å². The van der Waals surface area contributed by atoms with Gasteiger partial charge in [-0.25, -0.2) is 9.97 Å². The van der Waals surface area contributed by atoms with Crippen molar-refractivity contribution in [3.8, 4) is 0 Å². The molecule has 0 saturated heterocycles. The minimum atomic E-state index is 0.575. The Kier molecular flexibility index (Phi) is 2.62. The molecule has 78 valence electrons. The molecular weight excluding hydrogens is 192 g/mol. The summed E-state index contributed by atoms with van der Waals surface area (Å²) in [7, 11) is 0. The SMILES string of the molecule is Cc1cnc(NCc2nocc2C)nc1. The van der Waals surface area contributed by atoms with Crippen molar-refractivity contribution in [3.63, 3.8) is 0 Å². The Morgan fingerprint density at radius 3 is 2.60 bits per heavy atom. The molecule has 2 rings (SSSR count). The van der Waals surface area contributed by atoms with Crippen molar-refractivity contribution in [1.29, 1.82) is 0 Å². The van der Waals surface area contributed by atoms with Gasteiger partial charge in [-0.3, -0.25) is 0 Å². The number of hydrogen-bond acceptors (Lipinski definition) is 5. The van der Waals surface area contributed by atoms with Crippen LogP contribution in [0.4, 0.5) is 5.95 Å². The molecule has 2 aromatic rings. The van der Waals surface area contributed by atoms with Crippen molar-refractivity contribution in [2.24, 2.45) is 0 Å². The molecule has 15 heavy (non-hydrogen) atoms. The van der Waals surface area contributed by atoms with E-state index in [4.69, 9.17) is 4.52 Å². The van der Waals surface area contributed by atoms with Gasteiger partial charge in [0.1, 0.15) is 12.0 Å². The van der Waals surface area contributed by atoms with E-state index in [2.05, 4.69) is 20.4 Å². The summed E-state index contributed by atoms with van der Waals surface area (Å²) in [6.45, 7) is 4.47. The third kappa shape index (κ3) is 2.31. The second kappa shape index (κ2) is 4.08. The van der Waals surface area contributed by atoms with Gasteiger partial charge >= 0.3 is 0 Å². The Balaban J connectivity index is 1.99. The molecule has 0 aromatic carbocycles. The van der Waals surface area contributed by atoms with Crippen LogP contribution in [-0.2, 0) is 6.54 Å². The highest BCUT2D eigenvalue weighted by Crippen LogP contribution is 2.06. The van der Waals surface area contributed by atoms with Gasteiger partial charge in [0.15, 0.2) is 0 Å². The van der Waals surface area contributed by atoms with Crippen LogP contribution in [0, 0.1) is 13.8 Å². The summed E-state index contributed by atoms with van der Waals surface area (Å²) in [5.74, 6) is 0.600. The summed E-state index contributed by atoms with van der Waals surface area (Å²) in [5.41, 5.74) is 2.94. The predicted octanol–water partition coefficient (Wildman–Crippen LogP) is 1.69. The lowest BCUT2D eigenvalue weighted by atomic mass is 10.3. The van der Waals surface area contributed by atoms with E-state index in [1.165, 1.54) is 0 Å². The average Bonchev–Trinajstić information content (AvgIpc) is 2.63. The molecule has 0 radical (unpaired) electrons. The van der Waals surface area contributed by atoms with Gasteiger partial charge in [0.25, 0.3) is 0 Å². The molecule has 0 bridgehead atoms. The Labute approximate surface area is 87.5 Å². The number of aromatic nitrogens is 3. The first-order valence-corrected chi connectivity index (χ1v) is 4.68. The fraction of sp³-hybridized carbons (Fsp3) is 0.300. The molecule has 0 aliphatic heterocycles. The second-order valence-corrected chi connectivity index (χ2v) is 3.38. The number of rotatable bonds is 3. The largest absolute Gasteiger partial charge is 0.364 e. The molecule has 2 aromatic heterocycles. The van der Waals surface area contributed by atoms with Crippen LogP contribution < -0.4 is 5.32 Å². The van der Waals surface area contributed by atoms with Crippen molar-refractivity contribution in [2.75, 3.05) is 5.32 Å². The zero-order chi connectivity index (χ0) is 10.7. The van der Waals surface area contributed by atoms with Gasteiger partial charge in [-0.1, -0.05) is 5.16 Å². The zero-order valence-electron chi connectivity index (χ0n) is 8.69. The molecule has 5 nitrogen and oxygen atoms in total. The number of aryl methyl sites for hydroxylation is 2. The van der Waals surface area contributed by atoms with Gasteiger partial charge in [-0.05, 0) is 19.4 Å². The van der Waals surface area contributed by atoms with Gasteiger partial charge in [0.05, 0.1) is 6.54 Å². The number of anilines is 1. The highest BCUT2D eigenvalue weighted by atomic mass is 16.5. The normalized spacial score (nSPS) is 10.3.